The zero-order valence-electron chi connectivity index (χ0n) is 12.0. The van der Waals surface area contributed by atoms with Gasteiger partial charge in [0.15, 0.2) is 0 Å². The van der Waals surface area contributed by atoms with Crippen LogP contribution in [0.15, 0.2) is 11.6 Å². The molecule has 0 spiro atoms. The molecule has 1 fully saturated rings. The van der Waals surface area contributed by atoms with Gasteiger partial charge in [-0.3, -0.25) is 9.59 Å². The first-order chi connectivity index (χ1) is 9.75. The van der Waals surface area contributed by atoms with Crippen LogP contribution >= 0.6 is 0 Å². The average Bonchev–Trinajstić information content (AvgIpc) is 2.99. The summed E-state index contributed by atoms with van der Waals surface area (Å²) < 4.78 is 5.39. The minimum Gasteiger partial charge on any atom is -0.376 e. The van der Waals surface area contributed by atoms with Gasteiger partial charge in [0.2, 0.25) is 0 Å². The number of amides is 2. The fourth-order valence-electron chi connectivity index (χ4n) is 2.64. The van der Waals surface area contributed by atoms with Crippen molar-refractivity contribution in [2.45, 2.75) is 51.0 Å². The Labute approximate surface area is 120 Å². The Morgan fingerprint density at radius 1 is 1.20 bits per heavy atom. The summed E-state index contributed by atoms with van der Waals surface area (Å²) in [5.41, 5.74) is 1.40. The first-order valence-corrected chi connectivity index (χ1v) is 7.61. The zero-order valence-corrected chi connectivity index (χ0v) is 12.0. The van der Waals surface area contributed by atoms with Crippen molar-refractivity contribution in [2.75, 3.05) is 19.7 Å². The van der Waals surface area contributed by atoms with Crippen LogP contribution < -0.4 is 10.6 Å². The lowest BCUT2D eigenvalue weighted by Gasteiger charge is -2.13. The molecule has 0 unspecified atom stereocenters. The molecule has 5 nitrogen and oxygen atoms in total. The summed E-state index contributed by atoms with van der Waals surface area (Å²) in [4.78, 5) is 23.2. The topological polar surface area (TPSA) is 67.4 Å². The largest absolute Gasteiger partial charge is 0.376 e. The van der Waals surface area contributed by atoms with Crippen molar-refractivity contribution in [2.24, 2.45) is 0 Å². The molecule has 2 aliphatic rings. The van der Waals surface area contributed by atoms with Gasteiger partial charge in [-0.2, -0.15) is 0 Å². The summed E-state index contributed by atoms with van der Waals surface area (Å²) in [6.07, 6.45) is 9.93. The van der Waals surface area contributed by atoms with Gasteiger partial charge in [0.25, 0.3) is 0 Å². The number of nitrogens with one attached hydrogen (secondary N) is 2. The quantitative estimate of drug-likeness (QED) is 0.589. The lowest BCUT2D eigenvalue weighted by molar-refractivity contribution is -0.139. The van der Waals surface area contributed by atoms with Crippen molar-refractivity contribution < 1.29 is 14.3 Å². The minimum atomic E-state index is -0.557. The van der Waals surface area contributed by atoms with Crippen molar-refractivity contribution in [3.05, 3.63) is 11.6 Å². The molecule has 1 aliphatic carbocycles. The van der Waals surface area contributed by atoms with Crippen LogP contribution in [0.4, 0.5) is 0 Å². The maximum Gasteiger partial charge on any atom is 0.309 e. The first-order valence-electron chi connectivity index (χ1n) is 7.61. The Morgan fingerprint density at radius 3 is 2.75 bits per heavy atom. The predicted molar refractivity (Wildman–Crippen MR) is 76.2 cm³/mol. The normalized spacial score (nSPS) is 22.2. The third-order valence-electron chi connectivity index (χ3n) is 3.84. The second-order valence-corrected chi connectivity index (χ2v) is 5.46. The molecule has 0 aromatic carbocycles. The summed E-state index contributed by atoms with van der Waals surface area (Å²) in [5, 5.41) is 5.29. The van der Waals surface area contributed by atoms with Crippen molar-refractivity contribution in [3.63, 3.8) is 0 Å². The van der Waals surface area contributed by atoms with Gasteiger partial charge >= 0.3 is 11.8 Å². The van der Waals surface area contributed by atoms with Crippen molar-refractivity contribution in [1.29, 1.82) is 0 Å². The molecule has 5 heteroatoms. The van der Waals surface area contributed by atoms with E-state index in [-0.39, 0.29) is 6.10 Å². The van der Waals surface area contributed by atoms with Crippen LogP contribution in [-0.4, -0.2) is 37.6 Å². The molecule has 0 radical (unpaired) electrons. The molecule has 0 bridgehead atoms. The standard InChI is InChI=1S/C15H24N2O3/c18-14(15(19)17-11-13-7-4-10-20-13)16-9-8-12-5-2-1-3-6-12/h5,13H,1-4,6-11H2,(H,16,18)(H,17,19)/t13-/m0/s1. The van der Waals surface area contributed by atoms with Gasteiger partial charge in [0.1, 0.15) is 0 Å². The average molecular weight is 280 g/mol. The molecule has 1 atom stereocenters. The highest BCUT2D eigenvalue weighted by molar-refractivity contribution is 6.35. The predicted octanol–water partition coefficient (Wildman–Crippen LogP) is 1.29. The molecule has 1 heterocycles. The molecular formula is C15H24N2O3. The van der Waals surface area contributed by atoms with Crippen molar-refractivity contribution in [3.8, 4) is 0 Å². The van der Waals surface area contributed by atoms with Crippen LogP contribution in [-0.2, 0) is 14.3 Å². The van der Waals surface area contributed by atoms with E-state index < -0.39 is 11.8 Å². The molecule has 2 N–H and O–H groups in total. The fraction of sp³-hybridized carbons (Fsp3) is 0.733. The highest BCUT2D eigenvalue weighted by Crippen LogP contribution is 2.19. The Balaban J connectivity index is 1.58. The van der Waals surface area contributed by atoms with E-state index in [9.17, 15) is 9.59 Å². The number of hydrogen-bond donors (Lipinski definition) is 2. The van der Waals surface area contributed by atoms with Crippen LogP contribution in [0.5, 0.6) is 0 Å². The highest BCUT2D eigenvalue weighted by atomic mass is 16.5. The van der Waals surface area contributed by atoms with Crippen LogP contribution in [0.1, 0.15) is 44.9 Å². The molecule has 20 heavy (non-hydrogen) atoms. The molecule has 0 aromatic rings. The van der Waals surface area contributed by atoms with Gasteiger partial charge in [-0.15, -0.1) is 0 Å². The molecular weight excluding hydrogens is 256 g/mol. The number of hydrogen-bond acceptors (Lipinski definition) is 3. The summed E-state index contributed by atoms with van der Waals surface area (Å²) >= 11 is 0. The van der Waals surface area contributed by atoms with Gasteiger partial charge in [-0.1, -0.05) is 11.6 Å². The second-order valence-electron chi connectivity index (χ2n) is 5.46. The Kier molecular flexibility index (Phi) is 6.05. The van der Waals surface area contributed by atoms with Crippen LogP contribution in [0, 0.1) is 0 Å². The van der Waals surface area contributed by atoms with E-state index in [4.69, 9.17) is 4.74 Å². The number of carbonyl (C=O) groups is 2. The zero-order chi connectivity index (χ0) is 14.2. The number of rotatable bonds is 5. The number of ether oxygens (including phenoxy) is 1. The Bertz CT molecular complexity index is 373. The Morgan fingerprint density at radius 2 is 2.05 bits per heavy atom. The maximum atomic E-state index is 11.6. The summed E-state index contributed by atoms with van der Waals surface area (Å²) in [5.74, 6) is -1.10. The number of carbonyl (C=O) groups excluding carboxylic acids is 2. The van der Waals surface area contributed by atoms with Gasteiger partial charge in [0.05, 0.1) is 6.10 Å². The molecule has 112 valence electrons. The third-order valence-corrected chi connectivity index (χ3v) is 3.84. The maximum absolute atomic E-state index is 11.6. The van der Waals surface area contributed by atoms with E-state index in [1.54, 1.807) is 0 Å². The van der Waals surface area contributed by atoms with Gasteiger partial charge in [-0.05, 0) is 44.9 Å². The number of allylic oxidation sites excluding steroid dienone is 1. The molecule has 1 saturated heterocycles. The lowest BCUT2D eigenvalue weighted by Crippen LogP contribution is -2.42. The van der Waals surface area contributed by atoms with E-state index in [1.165, 1.54) is 18.4 Å². The van der Waals surface area contributed by atoms with E-state index in [2.05, 4.69) is 16.7 Å². The van der Waals surface area contributed by atoms with Gasteiger partial charge < -0.3 is 15.4 Å². The lowest BCUT2D eigenvalue weighted by atomic mass is 9.97. The van der Waals surface area contributed by atoms with E-state index in [0.717, 1.165) is 38.7 Å². The first kappa shape index (κ1) is 15.0. The van der Waals surface area contributed by atoms with Crippen LogP contribution in [0.25, 0.3) is 0 Å². The Hall–Kier alpha value is -1.36. The van der Waals surface area contributed by atoms with Crippen molar-refractivity contribution in [1.82, 2.24) is 10.6 Å². The van der Waals surface area contributed by atoms with Gasteiger partial charge in [0, 0.05) is 19.7 Å². The molecule has 0 aromatic heterocycles. The summed E-state index contributed by atoms with van der Waals surface area (Å²) in [7, 11) is 0. The van der Waals surface area contributed by atoms with E-state index in [0.29, 0.717) is 13.1 Å². The fourth-order valence-corrected chi connectivity index (χ4v) is 2.64. The SMILES string of the molecule is O=C(NCCC1=CCCCC1)C(=O)NC[C@@H]1CCCO1. The summed E-state index contributed by atoms with van der Waals surface area (Å²) in [6.45, 7) is 1.72. The monoisotopic (exact) mass is 280 g/mol. The van der Waals surface area contributed by atoms with Gasteiger partial charge in [-0.25, -0.2) is 0 Å². The summed E-state index contributed by atoms with van der Waals surface area (Å²) in [6, 6.07) is 0. The molecule has 2 rings (SSSR count). The smallest absolute Gasteiger partial charge is 0.309 e. The third kappa shape index (κ3) is 4.96. The van der Waals surface area contributed by atoms with Crippen LogP contribution in [0.2, 0.25) is 0 Å². The van der Waals surface area contributed by atoms with Crippen molar-refractivity contribution >= 4 is 11.8 Å². The molecule has 0 saturated carbocycles. The molecule has 2 amide bonds. The van der Waals surface area contributed by atoms with E-state index in [1.807, 2.05) is 0 Å². The molecule has 1 aliphatic heterocycles. The van der Waals surface area contributed by atoms with E-state index >= 15 is 0 Å². The van der Waals surface area contributed by atoms with Crippen LogP contribution in [0.3, 0.4) is 0 Å². The highest BCUT2D eigenvalue weighted by Gasteiger charge is 2.19. The minimum absolute atomic E-state index is 0.0687. The second kappa shape index (κ2) is 8.04.